The fourth-order valence-corrected chi connectivity index (χ4v) is 4.15. The maximum absolute atomic E-state index is 13.9. The predicted molar refractivity (Wildman–Crippen MR) is 108 cm³/mol. The molecule has 4 nitrogen and oxygen atoms in total. The number of hydrogen-bond donors (Lipinski definition) is 0. The van der Waals surface area contributed by atoms with Crippen LogP contribution in [0.3, 0.4) is 0 Å². The maximum Gasteiger partial charge on any atom is 0.273 e. The topological polar surface area (TPSA) is 42.4 Å². The number of carbonyl (C=O) groups is 1. The first-order valence-electron chi connectivity index (χ1n) is 9.38. The number of halogens is 1. The molecular weight excluding hydrogens is 375 g/mol. The molecule has 0 bridgehead atoms. The Morgan fingerprint density at radius 1 is 1.11 bits per heavy atom. The molecule has 28 heavy (non-hydrogen) atoms. The molecule has 0 saturated carbocycles. The van der Waals surface area contributed by atoms with Crippen molar-refractivity contribution in [3.05, 3.63) is 71.5 Å². The van der Waals surface area contributed by atoms with Gasteiger partial charge in [-0.3, -0.25) is 4.79 Å². The summed E-state index contributed by atoms with van der Waals surface area (Å²) in [5, 5.41) is 2.25. The molecular formula is C22H21FN2O2S. The van der Waals surface area contributed by atoms with Crippen molar-refractivity contribution in [3.63, 3.8) is 0 Å². The molecule has 4 rings (SSSR count). The van der Waals surface area contributed by atoms with E-state index in [0.29, 0.717) is 41.9 Å². The molecule has 2 heterocycles. The molecule has 2 aromatic carbocycles. The van der Waals surface area contributed by atoms with Crippen LogP contribution in [0.2, 0.25) is 0 Å². The van der Waals surface area contributed by atoms with Gasteiger partial charge in [-0.1, -0.05) is 30.3 Å². The third kappa shape index (κ3) is 4.22. The lowest BCUT2D eigenvalue weighted by molar-refractivity contribution is 0.0656. The highest BCUT2D eigenvalue weighted by molar-refractivity contribution is 7.13. The highest BCUT2D eigenvalue weighted by atomic mass is 32.1. The SMILES string of the molecule is O=C(c1csc(-c2ccccc2F)n1)N1CCC(COc2ccccc2)CC1. The highest BCUT2D eigenvalue weighted by Crippen LogP contribution is 2.27. The highest BCUT2D eigenvalue weighted by Gasteiger charge is 2.25. The molecule has 0 aliphatic carbocycles. The first kappa shape index (κ1) is 18.6. The lowest BCUT2D eigenvalue weighted by Crippen LogP contribution is -2.39. The van der Waals surface area contributed by atoms with Crippen molar-refractivity contribution < 1.29 is 13.9 Å². The van der Waals surface area contributed by atoms with Gasteiger partial charge in [0, 0.05) is 24.0 Å². The van der Waals surface area contributed by atoms with Gasteiger partial charge in [0.05, 0.1) is 6.61 Å². The summed E-state index contributed by atoms with van der Waals surface area (Å²) >= 11 is 1.30. The van der Waals surface area contributed by atoms with E-state index in [9.17, 15) is 9.18 Å². The summed E-state index contributed by atoms with van der Waals surface area (Å²) in [5.74, 6) is 0.911. The molecule has 1 aromatic heterocycles. The Kier molecular flexibility index (Phi) is 5.67. The zero-order valence-corrected chi connectivity index (χ0v) is 16.2. The van der Waals surface area contributed by atoms with Crippen LogP contribution in [0.15, 0.2) is 60.0 Å². The molecule has 6 heteroatoms. The van der Waals surface area contributed by atoms with Gasteiger partial charge in [0.2, 0.25) is 0 Å². The molecule has 1 fully saturated rings. The van der Waals surface area contributed by atoms with E-state index >= 15 is 0 Å². The standard InChI is InChI=1S/C22H21FN2O2S/c23-19-9-5-4-8-18(19)21-24-20(15-28-21)22(26)25-12-10-16(11-13-25)14-27-17-6-2-1-3-7-17/h1-9,15-16H,10-14H2. The lowest BCUT2D eigenvalue weighted by atomic mass is 9.97. The van der Waals surface area contributed by atoms with Gasteiger partial charge < -0.3 is 9.64 Å². The second kappa shape index (κ2) is 8.52. The van der Waals surface area contributed by atoms with Crippen molar-refractivity contribution in [2.24, 2.45) is 5.92 Å². The molecule has 1 aliphatic rings. The van der Waals surface area contributed by atoms with Gasteiger partial charge in [0.15, 0.2) is 0 Å². The number of amides is 1. The summed E-state index contributed by atoms with van der Waals surface area (Å²) in [4.78, 5) is 19.0. The fraction of sp³-hybridized carbons (Fsp3) is 0.273. The van der Waals surface area contributed by atoms with Gasteiger partial charge in [-0.25, -0.2) is 9.37 Å². The Balaban J connectivity index is 1.32. The van der Waals surface area contributed by atoms with Crippen molar-refractivity contribution in [1.82, 2.24) is 9.88 Å². The smallest absolute Gasteiger partial charge is 0.273 e. The van der Waals surface area contributed by atoms with E-state index in [1.807, 2.05) is 35.2 Å². The molecule has 0 radical (unpaired) electrons. The van der Waals surface area contributed by atoms with Crippen LogP contribution in [0.5, 0.6) is 5.75 Å². The molecule has 3 aromatic rings. The zero-order chi connectivity index (χ0) is 19.3. The summed E-state index contributed by atoms with van der Waals surface area (Å²) in [7, 11) is 0. The van der Waals surface area contributed by atoms with Crippen LogP contribution in [0.1, 0.15) is 23.3 Å². The Morgan fingerprint density at radius 2 is 1.82 bits per heavy atom. The number of rotatable bonds is 5. The van der Waals surface area contributed by atoms with Gasteiger partial charge in [0.25, 0.3) is 5.91 Å². The van der Waals surface area contributed by atoms with E-state index in [1.54, 1.807) is 23.6 Å². The Morgan fingerprint density at radius 3 is 2.57 bits per heavy atom. The summed E-state index contributed by atoms with van der Waals surface area (Å²) in [6.45, 7) is 2.04. The van der Waals surface area contributed by atoms with Crippen LogP contribution in [0.25, 0.3) is 10.6 Å². The van der Waals surface area contributed by atoms with E-state index < -0.39 is 0 Å². The van der Waals surface area contributed by atoms with E-state index in [-0.39, 0.29) is 11.7 Å². The molecule has 0 spiro atoms. The summed E-state index contributed by atoms with van der Waals surface area (Å²) in [5.41, 5.74) is 0.825. The van der Waals surface area contributed by atoms with Crippen molar-refractivity contribution >= 4 is 17.2 Å². The second-order valence-corrected chi connectivity index (χ2v) is 7.74. The molecule has 0 unspecified atom stereocenters. The van der Waals surface area contributed by atoms with Crippen LogP contribution in [0.4, 0.5) is 4.39 Å². The quantitative estimate of drug-likeness (QED) is 0.617. The summed E-state index contributed by atoms with van der Waals surface area (Å²) in [6, 6.07) is 16.3. The maximum atomic E-state index is 13.9. The number of likely N-dealkylation sites (tertiary alicyclic amines) is 1. The molecule has 0 atom stereocenters. The fourth-order valence-electron chi connectivity index (χ4n) is 3.33. The normalized spacial score (nSPS) is 14.8. The number of hydrogen-bond acceptors (Lipinski definition) is 4. The number of benzene rings is 2. The van der Waals surface area contributed by atoms with Crippen LogP contribution < -0.4 is 4.74 Å². The lowest BCUT2D eigenvalue weighted by Gasteiger charge is -2.31. The molecule has 0 N–H and O–H groups in total. The second-order valence-electron chi connectivity index (χ2n) is 6.88. The van der Waals surface area contributed by atoms with Gasteiger partial charge in [-0.05, 0) is 43.0 Å². The first-order chi connectivity index (χ1) is 13.7. The Bertz CT molecular complexity index is 936. The number of carbonyl (C=O) groups excluding carboxylic acids is 1. The van der Waals surface area contributed by atoms with Gasteiger partial charge in [-0.15, -0.1) is 11.3 Å². The predicted octanol–water partition coefficient (Wildman–Crippen LogP) is 4.88. The van der Waals surface area contributed by atoms with Crippen molar-refractivity contribution in [1.29, 1.82) is 0 Å². The van der Waals surface area contributed by atoms with Crippen LogP contribution in [-0.2, 0) is 0 Å². The van der Waals surface area contributed by atoms with Crippen molar-refractivity contribution in [3.8, 4) is 16.3 Å². The number of aromatic nitrogens is 1. The molecule has 144 valence electrons. The largest absolute Gasteiger partial charge is 0.493 e. The minimum Gasteiger partial charge on any atom is -0.493 e. The Labute approximate surface area is 167 Å². The summed E-state index contributed by atoms with van der Waals surface area (Å²) < 4.78 is 19.8. The first-order valence-corrected chi connectivity index (χ1v) is 10.3. The van der Waals surface area contributed by atoms with E-state index in [2.05, 4.69) is 4.98 Å². The number of piperidine rings is 1. The summed E-state index contributed by atoms with van der Waals surface area (Å²) in [6.07, 6.45) is 1.81. The van der Waals surface area contributed by atoms with Crippen LogP contribution in [0, 0.1) is 11.7 Å². The Hall–Kier alpha value is -2.73. The zero-order valence-electron chi connectivity index (χ0n) is 15.4. The number of ether oxygens (including phenoxy) is 1. The van der Waals surface area contributed by atoms with Gasteiger partial charge in [0.1, 0.15) is 22.3 Å². The van der Waals surface area contributed by atoms with Crippen LogP contribution in [-0.4, -0.2) is 35.5 Å². The average molecular weight is 396 g/mol. The number of para-hydroxylation sites is 1. The molecule has 1 aliphatic heterocycles. The third-order valence-corrected chi connectivity index (χ3v) is 5.83. The van der Waals surface area contributed by atoms with Crippen molar-refractivity contribution in [2.75, 3.05) is 19.7 Å². The monoisotopic (exact) mass is 396 g/mol. The van der Waals surface area contributed by atoms with Gasteiger partial charge in [-0.2, -0.15) is 0 Å². The van der Waals surface area contributed by atoms with Gasteiger partial charge >= 0.3 is 0 Å². The average Bonchev–Trinajstić information content (AvgIpc) is 3.23. The van der Waals surface area contributed by atoms with E-state index in [4.69, 9.17) is 4.74 Å². The van der Waals surface area contributed by atoms with Crippen molar-refractivity contribution in [2.45, 2.75) is 12.8 Å². The van der Waals surface area contributed by atoms with E-state index in [1.165, 1.54) is 17.4 Å². The number of thiazole rings is 1. The minimum absolute atomic E-state index is 0.0822. The third-order valence-electron chi connectivity index (χ3n) is 4.96. The number of nitrogens with zero attached hydrogens (tertiary/aromatic N) is 2. The van der Waals surface area contributed by atoms with E-state index in [0.717, 1.165) is 18.6 Å². The molecule has 1 amide bonds. The minimum atomic E-state index is -0.324. The molecule has 1 saturated heterocycles. The van der Waals surface area contributed by atoms with Crippen LogP contribution >= 0.6 is 11.3 Å².